The molecule has 0 aliphatic heterocycles. The molecule has 1 nitrogen and oxygen atoms in total. The molecule has 0 aliphatic carbocycles. The van der Waals surface area contributed by atoms with E-state index in [4.69, 9.17) is 0 Å². The summed E-state index contributed by atoms with van der Waals surface area (Å²) in [6.45, 7) is -0.588. The van der Waals surface area contributed by atoms with Gasteiger partial charge in [-0.25, -0.2) is 5.11 Å². The van der Waals surface area contributed by atoms with Crippen LogP contribution in [0.5, 0.6) is 0 Å². The van der Waals surface area contributed by atoms with Gasteiger partial charge in [0.15, 0.2) is 5.29 Å². The van der Waals surface area contributed by atoms with Crippen LogP contribution in [0, 0.1) is 0 Å². The van der Waals surface area contributed by atoms with E-state index < -0.39 is 11.9 Å². The maximum Gasteiger partial charge on any atom is 0.187 e. The van der Waals surface area contributed by atoms with Crippen molar-refractivity contribution in [1.82, 2.24) is 0 Å². The third-order valence-corrected chi connectivity index (χ3v) is 0.392. The lowest BCUT2D eigenvalue weighted by Gasteiger charge is -1.70. The van der Waals surface area contributed by atoms with Crippen LogP contribution in [-0.4, -0.2) is 6.61 Å². The van der Waals surface area contributed by atoms with E-state index in [9.17, 15) is 9.50 Å². The van der Waals surface area contributed by atoms with Crippen molar-refractivity contribution in [2.45, 2.75) is 0 Å². The van der Waals surface area contributed by atoms with Gasteiger partial charge in [-0.1, -0.05) is 11.6 Å². The summed E-state index contributed by atoms with van der Waals surface area (Å²) in [7, 11) is 0. The van der Waals surface area contributed by atoms with Crippen LogP contribution in [0.3, 0.4) is 0 Å². The van der Waals surface area contributed by atoms with Crippen LogP contribution < -0.4 is 0 Å². The van der Waals surface area contributed by atoms with E-state index in [-0.39, 0.29) is 0 Å². The summed E-state index contributed by atoms with van der Waals surface area (Å²) >= 11 is 4.57. The molecule has 0 fully saturated rings. The van der Waals surface area contributed by atoms with Gasteiger partial charge in [-0.15, -0.1) is 0 Å². The van der Waals surface area contributed by atoms with E-state index in [2.05, 4.69) is 11.6 Å². The van der Waals surface area contributed by atoms with Crippen LogP contribution >= 0.6 is 11.6 Å². The van der Waals surface area contributed by atoms with Gasteiger partial charge >= 0.3 is 0 Å². The average Bonchev–Trinajstić information content (AvgIpc) is 1.35. The molecule has 3 heteroatoms. The predicted molar refractivity (Wildman–Crippen MR) is 20.6 cm³/mol. The first-order valence-corrected chi connectivity index (χ1v) is 1.74. The third-order valence-electron chi connectivity index (χ3n) is 0.238. The molecule has 1 radical (unpaired) electrons. The quantitative estimate of drug-likeness (QED) is 0.486. The summed E-state index contributed by atoms with van der Waals surface area (Å²) in [5.74, 6) is 0. The maximum absolute atomic E-state index is 11.1. The maximum atomic E-state index is 11.1. The molecule has 0 aromatic heterocycles. The predicted octanol–water partition coefficient (Wildman–Crippen LogP) is 1.47. The first-order valence-electron chi connectivity index (χ1n) is 1.36. The van der Waals surface area contributed by atoms with Crippen LogP contribution in [0.15, 0.2) is 11.4 Å². The SMILES string of the molecule is [O]CC=C(F)Cl. The van der Waals surface area contributed by atoms with Gasteiger partial charge in [-0.2, -0.15) is 4.39 Å². The van der Waals surface area contributed by atoms with Crippen molar-refractivity contribution in [2.75, 3.05) is 6.61 Å². The lowest BCUT2D eigenvalue weighted by molar-refractivity contribution is 0.231. The molecule has 0 unspecified atom stereocenters. The summed E-state index contributed by atoms with van der Waals surface area (Å²) in [4.78, 5) is 0. The van der Waals surface area contributed by atoms with E-state index >= 15 is 0 Å². The minimum absolute atomic E-state index is 0.588. The van der Waals surface area contributed by atoms with Gasteiger partial charge < -0.3 is 0 Å². The Morgan fingerprint density at radius 2 is 2.50 bits per heavy atom. The van der Waals surface area contributed by atoms with Gasteiger partial charge in [0, 0.05) is 0 Å². The van der Waals surface area contributed by atoms with Crippen LogP contribution in [0.25, 0.3) is 0 Å². The molecule has 0 bridgehead atoms. The topological polar surface area (TPSA) is 19.9 Å². The first kappa shape index (κ1) is 5.92. The van der Waals surface area contributed by atoms with Gasteiger partial charge in [0.25, 0.3) is 0 Å². The van der Waals surface area contributed by atoms with Crippen molar-refractivity contribution >= 4 is 11.6 Å². The Morgan fingerprint density at radius 1 is 2.00 bits per heavy atom. The van der Waals surface area contributed by atoms with Crippen molar-refractivity contribution in [1.29, 1.82) is 0 Å². The molecular formula is C3H3ClFO. The lowest BCUT2D eigenvalue weighted by atomic mass is 10.7. The summed E-state index contributed by atoms with van der Waals surface area (Å²) in [5, 5.41) is 8.41. The fourth-order valence-corrected chi connectivity index (χ4v) is 0.126. The molecule has 0 atom stereocenters. The molecular weight excluding hydrogens is 106 g/mol. The van der Waals surface area contributed by atoms with Gasteiger partial charge in [0.1, 0.15) is 6.61 Å². The summed E-state index contributed by atoms with van der Waals surface area (Å²) in [5.41, 5.74) is 0. The number of rotatable bonds is 1. The van der Waals surface area contributed by atoms with E-state index in [1.54, 1.807) is 0 Å². The largest absolute Gasteiger partial charge is 0.232 e. The van der Waals surface area contributed by atoms with Crippen molar-refractivity contribution in [3.8, 4) is 0 Å². The Kier molecular flexibility index (Phi) is 3.08. The van der Waals surface area contributed by atoms with Crippen LogP contribution in [0.4, 0.5) is 4.39 Å². The lowest BCUT2D eigenvalue weighted by Crippen LogP contribution is -1.65. The number of halogens is 2. The second kappa shape index (κ2) is 3.12. The van der Waals surface area contributed by atoms with Crippen molar-refractivity contribution < 1.29 is 9.50 Å². The minimum Gasteiger partial charge on any atom is -0.232 e. The highest BCUT2D eigenvalue weighted by Gasteiger charge is 1.78. The molecule has 0 rings (SSSR count). The van der Waals surface area contributed by atoms with E-state index in [1.807, 2.05) is 0 Å². The zero-order chi connectivity index (χ0) is 4.99. The smallest absolute Gasteiger partial charge is 0.187 e. The highest BCUT2D eigenvalue weighted by atomic mass is 35.5. The monoisotopic (exact) mass is 109 g/mol. The molecule has 0 N–H and O–H groups in total. The molecule has 0 aromatic rings. The Morgan fingerprint density at radius 3 is 2.50 bits per heavy atom. The Hall–Kier alpha value is -0.0800. The normalized spacial score (nSPS) is 12.2. The van der Waals surface area contributed by atoms with E-state index in [0.29, 0.717) is 0 Å². The van der Waals surface area contributed by atoms with Gasteiger partial charge in [-0.05, 0) is 6.08 Å². The highest BCUT2D eigenvalue weighted by molar-refractivity contribution is 6.28. The number of hydrogen-bond acceptors (Lipinski definition) is 0. The molecule has 35 valence electrons. The molecule has 0 heterocycles. The fourth-order valence-electron chi connectivity index (χ4n) is 0.0630. The van der Waals surface area contributed by atoms with Gasteiger partial charge in [-0.3, -0.25) is 0 Å². The first-order chi connectivity index (χ1) is 2.77. The summed E-state index contributed by atoms with van der Waals surface area (Å²) < 4.78 is 11.1. The third kappa shape index (κ3) is 3.92. The molecule has 0 aromatic carbocycles. The molecule has 0 spiro atoms. The minimum atomic E-state index is -0.926. The molecule has 6 heavy (non-hydrogen) atoms. The Balaban J connectivity index is 3.14. The Bertz CT molecular complexity index is 57.8. The number of hydrogen-bond donors (Lipinski definition) is 0. The van der Waals surface area contributed by atoms with Crippen LogP contribution in [-0.2, 0) is 5.11 Å². The molecule has 0 saturated carbocycles. The fraction of sp³-hybridized carbons (Fsp3) is 0.333. The highest BCUT2D eigenvalue weighted by Crippen LogP contribution is 1.98. The van der Waals surface area contributed by atoms with E-state index in [1.165, 1.54) is 0 Å². The molecule has 0 aliphatic rings. The summed E-state index contributed by atoms with van der Waals surface area (Å²) in [6.07, 6.45) is 0.752. The second-order valence-electron chi connectivity index (χ2n) is 0.660. The Labute approximate surface area is 40.0 Å². The zero-order valence-corrected chi connectivity index (χ0v) is 3.70. The van der Waals surface area contributed by atoms with E-state index in [0.717, 1.165) is 6.08 Å². The molecule has 0 saturated heterocycles. The second-order valence-corrected chi connectivity index (χ2v) is 1.02. The van der Waals surface area contributed by atoms with Gasteiger partial charge in [0.05, 0.1) is 0 Å². The zero-order valence-electron chi connectivity index (χ0n) is 2.95. The van der Waals surface area contributed by atoms with Crippen molar-refractivity contribution in [2.24, 2.45) is 0 Å². The average molecular weight is 110 g/mol. The van der Waals surface area contributed by atoms with Gasteiger partial charge in [0.2, 0.25) is 0 Å². The van der Waals surface area contributed by atoms with Crippen molar-refractivity contribution in [3.05, 3.63) is 11.4 Å². The van der Waals surface area contributed by atoms with Crippen molar-refractivity contribution in [3.63, 3.8) is 0 Å². The van der Waals surface area contributed by atoms with Crippen LogP contribution in [0.1, 0.15) is 0 Å². The standard InChI is InChI=1S/C3H3ClFO/c4-3(5)1-2-6/h1H,2H2. The molecule has 0 amide bonds. The summed E-state index contributed by atoms with van der Waals surface area (Å²) in [6, 6.07) is 0. The van der Waals surface area contributed by atoms with Crippen LogP contribution in [0.2, 0.25) is 0 Å².